The number of amides is 1. The summed E-state index contributed by atoms with van der Waals surface area (Å²) in [6.45, 7) is 1.17. The molecule has 2 aliphatic rings. The van der Waals surface area contributed by atoms with Crippen molar-refractivity contribution < 1.29 is 17.6 Å². The molecule has 0 saturated carbocycles. The molecule has 1 aliphatic heterocycles. The molecule has 5 rings (SSSR count). The highest BCUT2D eigenvalue weighted by atomic mass is 32.2. The molecular weight excluding hydrogens is 442 g/mol. The molecular formula is C24H27N3O5S. The maximum absolute atomic E-state index is 12.8. The Labute approximate surface area is 192 Å². The number of fused-ring (bicyclic) bond motifs is 2. The summed E-state index contributed by atoms with van der Waals surface area (Å²) in [4.78, 5) is 25.2. The topological polar surface area (TPSA) is 102 Å². The van der Waals surface area contributed by atoms with Crippen LogP contribution in [-0.4, -0.2) is 36.3 Å². The molecule has 0 unspecified atom stereocenters. The predicted octanol–water partition coefficient (Wildman–Crippen LogP) is 2.96. The maximum Gasteiger partial charge on any atom is 0.419 e. The number of aryl methyl sites for hydroxylation is 2. The van der Waals surface area contributed by atoms with Gasteiger partial charge in [0.05, 0.1) is 16.5 Å². The van der Waals surface area contributed by atoms with Gasteiger partial charge in [-0.25, -0.2) is 13.2 Å². The van der Waals surface area contributed by atoms with Crippen molar-refractivity contribution in [2.24, 2.45) is 0 Å². The number of oxazole rings is 1. The molecule has 33 heavy (non-hydrogen) atoms. The van der Waals surface area contributed by atoms with Crippen LogP contribution in [0, 0.1) is 0 Å². The van der Waals surface area contributed by atoms with E-state index in [0.29, 0.717) is 18.6 Å². The number of aromatic nitrogens is 1. The van der Waals surface area contributed by atoms with Gasteiger partial charge in [-0.3, -0.25) is 9.36 Å². The molecule has 1 N–H and O–H groups in total. The van der Waals surface area contributed by atoms with Crippen LogP contribution in [0.25, 0.3) is 11.1 Å². The van der Waals surface area contributed by atoms with Crippen molar-refractivity contribution in [1.82, 2.24) is 14.2 Å². The second-order valence-electron chi connectivity index (χ2n) is 8.72. The van der Waals surface area contributed by atoms with Gasteiger partial charge in [0.15, 0.2) is 5.58 Å². The number of nitrogens with one attached hydrogen (secondary N) is 1. The van der Waals surface area contributed by atoms with Gasteiger partial charge in [0.1, 0.15) is 0 Å². The van der Waals surface area contributed by atoms with E-state index in [0.717, 1.165) is 37.7 Å². The normalized spacial score (nSPS) is 19.0. The Morgan fingerprint density at radius 2 is 1.88 bits per heavy atom. The molecule has 0 spiro atoms. The van der Waals surface area contributed by atoms with Gasteiger partial charge in [0.25, 0.3) is 0 Å². The molecule has 1 atom stereocenters. The zero-order valence-electron chi connectivity index (χ0n) is 18.3. The first-order valence-corrected chi connectivity index (χ1v) is 12.9. The Hall–Kier alpha value is -2.91. The zero-order chi connectivity index (χ0) is 23.0. The van der Waals surface area contributed by atoms with Crippen molar-refractivity contribution in [2.75, 3.05) is 13.1 Å². The summed E-state index contributed by atoms with van der Waals surface area (Å²) in [5, 5.41) is 3.10. The van der Waals surface area contributed by atoms with Gasteiger partial charge in [-0.05, 0) is 55.4 Å². The first-order chi connectivity index (χ1) is 15.9. The van der Waals surface area contributed by atoms with Crippen molar-refractivity contribution in [3.8, 4) is 0 Å². The monoisotopic (exact) mass is 469 g/mol. The smallest absolute Gasteiger partial charge is 0.408 e. The lowest BCUT2D eigenvalue weighted by molar-refractivity contribution is -0.122. The highest BCUT2D eigenvalue weighted by Gasteiger charge is 2.28. The SMILES string of the molecule is O=C(CCn1c(=O)oc2cc(S(=O)(=O)N3CCCC3)ccc21)N[C@@H]1CCCc2ccccc21. The predicted molar refractivity (Wildman–Crippen MR) is 123 cm³/mol. The standard InChI is InChI=1S/C24H27N3O5S/c28-23(25-20-9-5-7-17-6-1-2-8-19(17)20)12-15-27-21-11-10-18(16-22(21)32-24(27)29)33(30,31)26-13-3-4-14-26/h1-2,6,8,10-11,16,20H,3-5,7,9,12-15H2,(H,25,28)/t20-/m1/s1. The first kappa shape index (κ1) is 21.9. The van der Waals surface area contributed by atoms with E-state index in [1.165, 1.54) is 26.6 Å². The third-order valence-corrected chi connectivity index (χ3v) is 8.50. The Kier molecular flexibility index (Phi) is 5.84. The minimum Gasteiger partial charge on any atom is -0.408 e. The maximum atomic E-state index is 12.8. The van der Waals surface area contributed by atoms with Crippen molar-refractivity contribution >= 4 is 27.0 Å². The first-order valence-electron chi connectivity index (χ1n) is 11.4. The minimum atomic E-state index is -3.60. The van der Waals surface area contributed by atoms with Crippen molar-refractivity contribution in [3.63, 3.8) is 0 Å². The Morgan fingerprint density at radius 3 is 2.70 bits per heavy atom. The zero-order valence-corrected chi connectivity index (χ0v) is 19.1. The molecule has 0 bridgehead atoms. The van der Waals surface area contributed by atoms with Crippen LogP contribution < -0.4 is 11.1 Å². The summed E-state index contributed by atoms with van der Waals surface area (Å²) < 4.78 is 33.8. The van der Waals surface area contributed by atoms with Crippen LogP contribution in [-0.2, 0) is 27.8 Å². The molecule has 8 nitrogen and oxygen atoms in total. The quantitative estimate of drug-likeness (QED) is 0.598. The van der Waals surface area contributed by atoms with E-state index in [-0.39, 0.29) is 35.4 Å². The number of sulfonamides is 1. The fraction of sp³-hybridized carbons (Fsp3) is 0.417. The molecule has 2 heterocycles. The average molecular weight is 470 g/mol. The number of nitrogens with zero attached hydrogens (tertiary/aromatic N) is 2. The molecule has 1 saturated heterocycles. The van der Waals surface area contributed by atoms with E-state index < -0.39 is 15.8 Å². The van der Waals surface area contributed by atoms with Gasteiger partial charge < -0.3 is 9.73 Å². The fourth-order valence-corrected chi connectivity index (χ4v) is 6.41. The van der Waals surface area contributed by atoms with Gasteiger partial charge >= 0.3 is 5.76 Å². The molecule has 2 aromatic carbocycles. The number of benzene rings is 2. The molecule has 174 valence electrons. The molecule has 3 aromatic rings. The van der Waals surface area contributed by atoms with E-state index in [4.69, 9.17) is 4.42 Å². The van der Waals surface area contributed by atoms with Crippen molar-refractivity contribution in [3.05, 3.63) is 64.1 Å². The summed E-state index contributed by atoms with van der Waals surface area (Å²) in [6, 6.07) is 12.6. The van der Waals surface area contributed by atoms with Gasteiger partial charge in [0, 0.05) is 32.1 Å². The molecule has 1 aromatic heterocycles. The third-order valence-electron chi connectivity index (χ3n) is 6.61. The Morgan fingerprint density at radius 1 is 1.09 bits per heavy atom. The third kappa shape index (κ3) is 4.22. The summed E-state index contributed by atoms with van der Waals surface area (Å²) in [5.74, 6) is -0.734. The number of rotatable bonds is 6. The van der Waals surface area contributed by atoms with Crippen molar-refractivity contribution in [2.45, 2.75) is 56.0 Å². The van der Waals surface area contributed by atoms with Crippen LogP contribution in [0.4, 0.5) is 0 Å². The molecule has 9 heteroatoms. The largest absolute Gasteiger partial charge is 0.419 e. The highest BCUT2D eigenvalue weighted by molar-refractivity contribution is 7.89. The lowest BCUT2D eigenvalue weighted by atomic mass is 9.88. The second kappa shape index (κ2) is 8.79. The second-order valence-corrected chi connectivity index (χ2v) is 10.7. The highest BCUT2D eigenvalue weighted by Crippen LogP contribution is 2.29. The summed E-state index contributed by atoms with van der Waals surface area (Å²) in [6.07, 6.45) is 4.76. The number of hydrogen-bond acceptors (Lipinski definition) is 5. The van der Waals surface area contributed by atoms with E-state index in [9.17, 15) is 18.0 Å². The van der Waals surface area contributed by atoms with Crippen LogP contribution in [0.5, 0.6) is 0 Å². The van der Waals surface area contributed by atoms with Crippen LogP contribution in [0.3, 0.4) is 0 Å². The average Bonchev–Trinajstić information content (AvgIpc) is 3.46. The van der Waals surface area contributed by atoms with Crippen LogP contribution in [0.15, 0.2) is 56.6 Å². The van der Waals surface area contributed by atoms with Gasteiger partial charge in [-0.1, -0.05) is 24.3 Å². The van der Waals surface area contributed by atoms with E-state index in [2.05, 4.69) is 17.4 Å². The summed E-state index contributed by atoms with van der Waals surface area (Å²) in [7, 11) is -3.60. The number of carbonyl (C=O) groups excluding carboxylic acids is 1. The molecule has 1 amide bonds. The molecule has 1 fully saturated rings. The van der Waals surface area contributed by atoms with Gasteiger partial charge in [-0.15, -0.1) is 0 Å². The summed E-state index contributed by atoms with van der Waals surface area (Å²) in [5.41, 5.74) is 3.12. The Balaban J connectivity index is 1.30. The molecule has 1 aliphatic carbocycles. The van der Waals surface area contributed by atoms with Crippen LogP contribution in [0.2, 0.25) is 0 Å². The minimum absolute atomic E-state index is 0.0152. The fourth-order valence-electron chi connectivity index (χ4n) is 4.88. The van der Waals surface area contributed by atoms with Gasteiger partial charge in [0.2, 0.25) is 15.9 Å². The van der Waals surface area contributed by atoms with E-state index in [1.807, 2.05) is 12.1 Å². The number of hydrogen-bond donors (Lipinski definition) is 1. The Bertz CT molecular complexity index is 1350. The van der Waals surface area contributed by atoms with Crippen LogP contribution in [0.1, 0.15) is 49.3 Å². The van der Waals surface area contributed by atoms with Crippen molar-refractivity contribution in [1.29, 1.82) is 0 Å². The molecule has 0 radical (unpaired) electrons. The van der Waals surface area contributed by atoms with E-state index in [1.54, 1.807) is 6.07 Å². The lowest BCUT2D eigenvalue weighted by Gasteiger charge is -2.26. The lowest BCUT2D eigenvalue weighted by Crippen LogP contribution is -2.32. The summed E-state index contributed by atoms with van der Waals surface area (Å²) >= 11 is 0. The van der Waals surface area contributed by atoms with Crippen LogP contribution >= 0.6 is 0 Å². The van der Waals surface area contributed by atoms with Gasteiger partial charge in [-0.2, -0.15) is 4.31 Å². The van der Waals surface area contributed by atoms with E-state index >= 15 is 0 Å². The number of carbonyl (C=O) groups is 1.